The van der Waals surface area contributed by atoms with Gasteiger partial charge in [-0.25, -0.2) is 4.79 Å². The van der Waals surface area contributed by atoms with Crippen molar-refractivity contribution in [2.24, 2.45) is 0 Å². The summed E-state index contributed by atoms with van der Waals surface area (Å²) in [7, 11) is 0. The first-order valence-corrected chi connectivity index (χ1v) is 4.03. The lowest BCUT2D eigenvalue weighted by molar-refractivity contribution is 1.22. The van der Waals surface area contributed by atoms with Crippen molar-refractivity contribution in [1.82, 2.24) is 9.97 Å². The van der Waals surface area contributed by atoms with Gasteiger partial charge in [-0.2, -0.15) is 0 Å². The minimum atomic E-state index is -0.152. The highest BCUT2D eigenvalue weighted by molar-refractivity contribution is 5.73. The molecule has 0 fully saturated rings. The molecule has 2 aromatic rings. The highest BCUT2D eigenvalue weighted by atomic mass is 16.1. The molecule has 64 valence electrons. The van der Waals surface area contributed by atoms with Crippen LogP contribution in [0, 0.1) is 0 Å². The topological polar surface area (TPSA) is 48.6 Å². The molecular weight excluding hydrogens is 152 g/mol. The van der Waals surface area contributed by atoms with Crippen LogP contribution >= 0.6 is 0 Å². The number of para-hydroxylation sites is 2. The van der Waals surface area contributed by atoms with Gasteiger partial charge < -0.3 is 9.97 Å². The number of benzene rings is 1. The Morgan fingerprint density at radius 3 is 1.83 bits per heavy atom. The van der Waals surface area contributed by atoms with E-state index in [4.69, 9.17) is 0 Å². The molecule has 1 aromatic heterocycles. The van der Waals surface area contributed by atoms with Crippen LogP contribution in [0.25, 0.3) is 11.0 Å². The lowest BCUT2D eigenvalue weighted by Gasteiger charge is -1.81. The van der Waals surface area contributed by atoms with Crippen LogP contribution in [0.3, 0.4) is 0 Å². The second-order valence-electron chi connectivity index (χ2n) is 2.12. The van der Waals surface area contributed by atoms with Crippen LogP contribution < -0.4 is 5.69 Å². The Morgan fingerprint density at radius 1 is 1.00 bits per heavy atom. The maximum absolute atomic E-state index is 10.7. The van der Waals surface area contributed by atoms with Gasteiger partial charge in [0.1, 0.15) is 0 Å². The van der Waals surface area contributed by atoms with Crippen molar-refractivity contribution in [3.8, 4) is 0 Å². The Hall–Kier alpha value is -1.51. The Labute approximate surface area is 70.4 Å². The first-order valence-electron chi connectivity index (χ1n) is 4.03. The highest BCUT2D eigenvalue weighted by Crippen LogP contribution is 2.03. The van der Waals surface area contributed by atoms with Gasteiger partial charge in [-0.1, -0.05) is 26.0 Å². The maximum atomic E-state index is 10.7. The third-order valence-corrected chi connectivity index (χ3v) is 1.42. The van der Waals surface area contributed by atoms with E-state index < -0.39 is 0 Å². The summed E-state index contributed by atoms with van der Waals surface area (Å²) in [6.45, 7) is 4.00. The fraction of sp³-hybridized carbons (Fsp3) is 0.222. The lowest BCUT2D eigenvalue weighted by atomic mass is 10.3. The summed E-state index contributed by atoms with van der Waals surface area (Å²) in [4.78, 5) is 16.0. The van der Waals surface area contributed by atoms with Crippen molar-refractivity contribution in [2.75, 3.05) is 0 Å². The predicted octanol–water partition coefficient (Wildman–Crippen LogP) is 1.88. The van der Waals surface area contributed by atoms with E-state index in [0.717, 1.165) is 11.0 Å². The number of rotatable bonds is 0. The molecule has 0 atom stereocenters. The van der Waals surface area contributed by atoms with Crippen LogP contribution in [0.2, 0.25) is 0 Å². The number of imidazole rings is 1. The SMILES string of the molecule is CC.O=c1[nH]c2ccccc2[nH]1. The molecular formula is C9H12N2O. The molecule has 0 spiro atoms. The van der Waals surface area contributed by atoms with Gasteiger partial charge in [0.2, 0.25) is 0 Å². The number of aromatic amines is 2. The van der Waals surface area contributed by atoms with Gasteiger partial charge in [0, 0.05) is 0 Å². The molecule has 12 heavy (non-hydrogen) atoms. The Balaban J connectivity index is 0.000000336. The smallest absolute Gasteiger partial charge is 0.306 e. The maximum Gasteiger partial charge on any atom is 0.323 e. The summed E-state index contributed by atoms with van der Waals surface area (Å²) in [6.07, 6.45) is 0. The minimum Gasteiger partial charge on any atom is -0.306 e. The molecule has 0 unspecified atom stereocenters. The van der Waals surface area contributed by atoms with E-state index >= 15 is 0 Å². The molecule has 2 rings (SSSR count). The number of fused-ring (bicyclic) bond motifs is 1. The quantitative estimate of drug-likeness (QED) is 0.613. The summed E-state index contributed by atoms with van der Waals surface area (Å²) in [5, 5.41) is 0. The Kier molecular flexibility index (Phi) is 2.69. The van der Waals surface area contributed by atoms with Gasteiger partial charge in [-0.3, -0.25) is 0 Å². The second-order valence-corrected chi connectivity index (χ2v) is 2.12. The van der Waals surface area contributed by atoms with Crippen molar-refractivity contribution in [3.63, 3.8) is 0 Å². The Morgan fingerprint density at radius 2 is 1.42 bits per heavy atom. The lowest BCUT2D eigenvalue weighted by Crippen LogP contribution is -1.99. The summed E-state index contributed by atoms with van der Waals surface area (Å²) >= 11 is 0. The largest absolute Gasteiger partial charge is 0.323 e. The van der Waals surface area contributed by atoms with Crippen LogP contribution in [-0.2, 0) is 0 Å². The van der Waals surface area contributed by atoms with Crippen LogP contribution in [0.15, 0.2) is 29.1 Å². The van der Waals surface area contributed by atoms with Gasteiger partial charge in [0.25, 0.3) is 0 Å². The monoisotopic (exact) mass is 164 g/mol. The van der Waals surface area contributed by atoms with E-state index in [1.54, 1.807) is 0 Å². The molecule has 0 aliphatic heterocycles. The fourth-order valence-corrected chi connectivity index (χ4v) is 0.977. The standard InChI is InChI=1S/C7H6N2O.C2H6/c10-7-8-5-3-1-2-4-6(5)9-7;1-2/h1-4H,(H2,8,9,10);1-2H3. The van der Waals surface area contributed by atoms with Gasteiger partial charge in [0.15, 0.2) is 0 Å². The van der Waals surface area contributed by atoms with Crippen LogP contribution in [0.4, 0.5) is 0 Å². The van der Waals surface area contributed by atoms with Crippen molar-refractivity contribution >= 4 is 11.0 Å². The second kappa shape index (κ2) is 3.76. The first-order chi connectivity index (χ1) is 5.86. The van der Waals surface area contributed by atoms with Gasteiger partial charge >= 0.3 is 5.69 Å². The number of H-pyrrole nitrogens is 2. The minimum absolute atomic E-state index is 0.152. The first kappa shape index (κ1) is 8.59. The van der Waals surface area contributed by atoms with Crippen LogP contribution in [0.1, 0.15) is 13.8 Å². The molecule has 0 aliphatic rings. The number of hydrogen-bond acceptors (Lipinski definition) is 1. The van der Waals surface area contributed by atoms with Gasteiger partial charge in [-0.05, 0) is 12.1 Å². The molecule has 3 heteroatoms. The summed E-state index contributed by atoms with van der Waals surface area (Å²) in [5.41, 5.74) is 1.56. The van der Waals surface area contributed by atoms with E-state index in [1.807, 2.05) is 38.1 Å². The van der Waals surface area contributed by atoms with Crippen molar-refractivity contribution < 1.29 is 0 Å². The van der Waals surface area contributed by atoms with Gasteiger partial charge in [-0.15, -0.1) is 0 Å². The zero-order chi connectivity index (χ0) is 8.97. The molecule has 0 saturated carbocycles. The van der Waals surface area contributed by atoms with Gasteiger partial charge in [0.05, 0.1) is 11.0 Å². The third kappa shape index (κ3) is 1.56. The molecule has 0 amide bonds. The van der Waals surface area contributed by atoms with E-state index in [-0.39, 0.29) is 5.69 Å². The normalized spacial score (nSPS) is 9.17. The molecule has 1 aromatic carbocycles. The van der Waals surface area contributed by atoms with E-state index in [9.17, 15) is 4.79 Å². The Bertz CT molecular complexity index is 364. The summed E-state index contributed by atoms with van der Waals surface area (Å²) < 4.78 is 0. The van der Waals surface area contributed by atoms with Crippen molar-refractivity contribution in [2.45, 2.75) is 13.8 Å². The van der Waals surface area contributed by atoms with E-state index in [0.29, 0.717) is 0 Å². The molecule has 3 nitrogen and oxygen atoms in total. The fourth-order valence-electron chi connectivity index (χ4n) is 0.977. The molecule has 0 bridgehead atoms. The van der Waals surface area contributed by atoms with Crippen molar-refractivity contribution in [3.05, 3.63) is 34.7 Å². The number of hydrogen-bond donors (Lipinski definition) is 2. The number of aromatic nitrogens is 2. The third-order valence-electron chi connectivity index (χ3n) is 1.42. The average molecular weight is 164 g/mol. The van der Waals surface area contributed by atoms with Crippen molar-refractivity contribution in [1.29, 1.82) is 0 Å². The highest BCUT2D eigenvalue weighted by Gasteiger charge is 1.92. The number of nitrogens with one attached hydrogen (secondary N) is 2. The summed E-state index contributed by atoms with van der Waals surface area (Å²) in [6, 6.07) is 7.47. The summed E-state index contributed by atoms with van der Waals surface area (Å²) in [5.74, 6) is 0. The van der Waals surface area contributed by atoms with E-state index in [2.05, 4.69) is 9.97 Å². The van der Waals surface area contributed by atoms with E-state index in [1.165, 1.54) is 0 Å². The predicted molar refractivity (Wildman–Crippen MR) is 50.3 cm³/mol. The molecule has 0 aliphatic carbocycles. The molecule has 0 radical (unpaired) electrons. The molecule has 0 saturated heterocycles. The zero-order valence-electron chi connectivity index (χ0n) is 7.22. The molecule has 2 N–H and O–H groups in total. The zero-order valence-corrected chi connectivity index (χ0v) is 7.22. The van der Waals surface area contributed by atoms with Crippen LogP contribution in [0.5, 0.6) is 0 Å². The molecule has 1 heterocycles. The van der Waals surface area contributed by atoms with Crippen LogP contribution in [-0.4, -0.2) is 9.97 Å². The average Bonchev–Trinajstić information content (AvgIpc) is 2.48.